The summed E-state index contributed by atoms with van der Waals surface area (Å²) in [6.45, 7) is 2.86. The summed E-state index contributed by atoms with van der Waals surface area (Å²) in [4.78, 5) is 12.2. The van der Waals surface area contributed by atoms with E-state index in [4.69, 9.17) is 10.5 Å². The van der Waals surface area contributed by atoms with Gasteiger partial charge in [0.05, 0.1) is 5.92 Å². The molecule has 0 aromatic rings. The van der Waals surface area contributed by atoms with Gasteiger partial charge in [-0.15, -0.1) is 0 Å². The van der Waals surface area contributed by atoms with E-state index in [2.05, 4.69) is 6.92 Å². The maximum atomic E-state index is 12.2. The minimum Gasteiger partial charge on any atom is -0.462 e. The zero-order chi connectivity index (χ0) is 13.0. The van der Waals surface area contributed by atoms with Gasteiger partial charge in [0.2, 0.25) is 0 Å². The van der Waals surface area contributed by atoms with Crippen LogP contribution < -0.4 is 5.73 Å². The molecule has 4 unspecified atom stereocenters. The molecule has 0 saturated heterocycles. The average molecular weight is 253 g/mol. The Hall–Kier alpha value is -0.570. The summed E-state index contributed by atoms with van der Waals surface area (Å²) < 4.78 is 5.74. The molecule has 0 heterocycles. The molecule has 0 radical (unpaired) electrons. The molecular weight excluding hydrogens is 226 g/mol. The van der Waals surface area contributed by atoms with Crippen LogP contribution in [0.5, 0.6) is 0 Å². The summed E-state index contributed by atoms with van der Waals surface area (Å²) in [5.74, 6) is 1.23. The fourth-order valence-corrected chi connectivity index (χ4v) is 3.60. The Morgan fingerprint density at radius 1 is 1.22 bits per heavy atom. The van der Waals surface area contributed by atoms with Gasteiger partial charge in [0.25, 0.3) is 0 Å². The van der Waals surface area contributed by atoms with Crippen molar-refractivity contribution in [3.05, 3.63) is 0 Å². The molecule has 2 aliphatic carbocycles. The Labute approximate surface area is 110 Å². The van der Waals surface area contributed by atoms with Gasteiger partial charge in [-0.1, -0.05) is 26.2 Å². The smallest absolute Gasteiger partial charge is 0.309 e. The van der Waals surface area contributed by atoms with Crippen LogP contribution in [-0.4, -0.2) is 18.6 Å². The molecule has 0 amide bonds. The maximum Gasteiger partial charge on any atom is 0.309 e. The molecule has 0 aromatic carbocycles. The van der Waals surface area contributed by atoms with E-state index in [0.29, 0.717) is 12.5 Å². The molecule has 2 rings (SSSR count). The standard InChI is InChI=1S/C15H27NO2/c1-2-11-5-3-7-13(9-11)18-15(17)14-8-4-6-12(14)10-16/h11-14H,2-10,16H2,1H3. The lowest BCUT2D eigenvalue weighted by molar-refractivity contribution is -0.157. The first-order chi connectivity index (χ1) is 8.74. The zero-order valence-electron chi connectivity index (χ0n) is 11.6. The highest BCUT2D eigenvalue weighted by Gasteiger charge is 2.35. The molecule has 2 fully saturated rings. The van der Waals surface area contributed by atoms with E-state index in [-0.39, 0.29) is 18.0 Å². The van der Waals surface area contributed by atoms with Crippen molar-refractivity contribution in [3.63, 3.8) is 0 Å². The summed E-state index contributed by atoms with van der Waals surface area (Å²) in [5, 5.41) is 0. The molecule has 0 aliphatic heterocycles. The summed E-state index contributed by atoms with van der Waals surface area (Å²) >= 11 is 0. The second-order valence-corrected chi connectivity index (χ2v) is 6.03. The van der Waals surface area contributed by atoms with Gasteiger partial charge in [-0.05, 0) is 50.5 Å². The largest absolute Gasteiger partial charge is 0.462 e. The normalized spacial score (nSPS) is 36.6. The van der Waals surface area contributed by atoms with Crippen molar-refractivity contribution < 1.29 is 9.53 Å². The van der Waals surface area contributed by atoms with Crippen molar-refractivity contribution in [1.29, 1.82) is 0 Å². The average Bonchev–Trinajstić information content (AvgIpc) is 2.87. The quantitative estimate of drug-likeness (QED) is 0.784. The van der Waals surface area contributed by atoms with Crippen molar-refractivity contribution in [2.45, 2.75) is 64.4 Å². The molecule has 0 bridgehead atoms. The molecule has 18 heavy (non-hydrogen) atoms. The SMILES string of the molecule is CCC1CCCC(OC(=O)C2CCCC2CN)C1. The van der Waals surface area contributed by atoms with Crippen LogP contribution in [0.4, 0.5) is 0 Å². The van der Waals surface area contributed by atoms with E-state index in [1.54, 1.807) is 0 Å². The van der Waals surface area contributed by atoms with E-state index in [1.165, 1.54) is 19.3 Å². The van der Waals surface area contributed by atoms with Crippen LogP contribution in [0.2, 0.25) is 0 Å². The van der Waals surface area contributed by atoms with Crippen LogP contribution in [0.15, 0.2) is 0 Å². The van der Waals surface area contributed by atoms with Gasteiger partial charge < -0.3 is 10.5 Å². The molecule has 3 heteroatoms. The summed E-state index contributed by atoms with van der Waals surface area (Å²) in [6, 6.07) is 0. The van der Waals surface area contributed by atoms with Gasteiger partial charge in [0.15, 0.2) is 0 Å². The van der Waals surface area contributed by atoms with Crippen LogP contribution in [0, 0.1) is 17.8 Å². The lowest BCUT2D eigenvalue weighted by atomic mass is 9.85. The van der Waals surface area contributed by atoms with E-state index in [9.17, 15) is 4.79 Å². The Morgan fingerprint density at radius 3 is 2.72 bits per heavy atom. The van der Waals surface area contributed by atoms with Crippen molar-refractivity contribution in [2.75, 3.05) is 6.54 Å². The molecule has 3 nitrogen and oxygen atoms in total. The Morgan fingerprint density at radius 2 is 2.00 bits per heavy atom. The second kappa shape index (κ2) is 6.55. The molecule has 2 N–H and O–H groups in total. The highest BCUT2D eigenvalue weighted by atomic mass is 16.5. The third-order valence-corrected chi connectivity index (χ3v) is 4.86. The number of esters is 1. The fourth-order valence-electron chi connectivity index (χ4n) is 3.60. The van der Waals surface area contributed by atoms with Gasteiger partial charge in [-0.3, -0.25) is 4.79 Å². The molecular formula is C15H27NO2. The van der Waals surface area contributed by atoms with Gasteiger partial charge in [0.1, 0.15) is 6.10 Å². The van der Waals surface area contributed by atoms with Crippen LogP contribution >= 0.6 is 0 Å². The maximum absolute atomic E-state index is 12.2. The molecule has 0 spiro atoms. The molecule has 2 saturated carbocycles. The molecule has 4 atom stereocenters. The summed E-state index contributed by atoms with van der Waals surface area (Å²) in [7, 11) is 0. The number of hydrogen-bond donors (Lipinski definition) is 1. The summed E-state index contributed by atoms with van der Waals surface area (Å²) in [5.41, 5.74) is 5.73. The van der Waals surface area contributed by atoms with Crippen molar-refractivity contribution in [2.24, 2.45) is 23.5 Å². The van der Waals surface area contributed by atoms with Crippen LogP contribution in [0.25, 0.3) is 0 Å². The summed E-state index contributed by atoms with van der Waals surface area (Å²) in [6.07, 6.45) is 9.23. The van der Waals surface area contributed by atoms with Crippen molar-refractivity contribution in [1.82, 2.24) is 0 Å². The van der Waals surface area contributed by atoms with Gasteiger partial charge in [-0.2, -0.15) is 0 Å². The zero-order valence-corrected chi connectivity index (χ0v) is 11.6. The number of hydrogen-bond acceptors (Lipinski definition) is 3. The van der Waals surface area contributed by atoms with Crippen LogP contribution in [0.3, 0.4) is 0 Å². The number of rotatable bonds is 4. The fraction of sp³-hybridized carbons (Fsp3) is 0.933. The highest BCUT2D eigenvalue weighted by Crippen LogP contribution is 2.34. The third kappa shape index (κ3) is 3.25. The van der Waals surface area contributed by atoms with Gasteiger partial charge in [0, 0.05) is 0 Å². The Kier molecular flexibility index (Phi) is 5.04. The minimum absolute atomic E-state index is 0.0321. The molecule has 0 aromatic heterocycles. The third-order valence-electron chi connectivity index (χ3n) is 4.86. The van der Waals surface area contributed by atoms with Crippen LogP contribution in [-0.2, 0) is 9.53 Å². The van der Waals surface area contributed by atoms with Gasteiger partial charge >= 0.3 is 5.97 Å². The Bertz CT molecular complexity index is 280. The first kappa shape index (κ1) is 13.9. The molecule has 104 valence electrons. The predicted octanol–water partition coefficient (Wildman–Crippen LogP) is 2.87. The van der Waals surface area contributed by atoms with Crippen LogP contribution in [0.1, 0.15) is 58.3 Å². The van der Waals surface area contributed by atoms with Gasteiger partial charge in [-0.25, -0.2) is 0 Å². The van der Waals surface area contributed by atoms with E-state index in [0.717, 1.165) is 38.0 Å². The lowest BCUT2D eigenvalue weighted by Crippen LogP contribution is -2.32. The first-order valence-electron chi connectivity index (χ1n) is 7.65. The minimum atomic E-state index is 0.0321. The highest BCUT2D eigenvalue weighted by molar-refractivity contribution is 5.73. The number of carbonyl (C=O) groups is 1. The van der Waals surface area contributed by atoms with Crippen molar-refractivity contribution >= 4 is 5.97 Å². The topological polar surface area (TPSA) is 52.3 Å². The Balaban J connectivity index is 1.83. The van der Waals surface area contributed by atoms with E-state index >= 15 is 0 Å². The monoisotopic (exact) mass is 253 g/mol. The number of carbonyl (C=O) groups excluding carboxylic acids is 1. The van der Waals surface area contributed by atoms with Crippen molar-refractivity contribution in [3.8, 4) is 0 Å². The lowest BCUT2D eigenvalue weighted by Gasteiger charge is -2.29. The number of nitrogens with two attached hydrogens (primary N) is 1. The van der Waals surface area contributed by atoms with E-state index in [1.807, 2.05) is 0 Å². The first-order valence-corrected chi connectivity index (χ1v) is 7.65. The second-order valence-electron chi connectivity index (χ2n) is 6.03. The number of ether oxygens (including phenoxy) is 1. The molecule has 2 aliphatic rings. The van der Waals surface area contributed by atoms with E-state index < -0.39 is 0 Å². The predicted molar refractivity (Wildman–Crippen MR) is 72.0 cm³/mol.